The summed E-state index contributed by atoms with van der Waals surface area (Å²) in [6.45, 7) is 3.73. The molecule has 0 atom stereocenters. The molecule has 0 aliphatic carbocycles. The largest absolute Gasteiger partial charge is 0.353 e. The van der Waals surface area contributed by atoms with E-state index in [2.05, 4.69) is 11.1 Å². The molecule has 2 heterocycles. The maximum atomic E-state index is 11.6. The summed E-state index contributed by atoms with van der Waals surface area (Å²) in [6, 6.07) is 3.70. The van der Waals surface area contributed by atoms with Gasteiger partial charge in [0.25, 0.3) is 0 Å². The quantitative estimate of drug-likeness (QED) is 0.783. The molecule has 0 N–H and O–H groups in total. The molecule has 1 amide bonds. The first-order valence-electron chi connectivity index (χ1n) is 6.09. The lowest BCUT2D eigenvalue weighted by Crippen LogP contribution is -2.30. The van der Waals surface area contributed by atoms with Gasteiger partial charge in [-0.15, -0.1) is 0 Å². The van der Waals surface area contributed by atoms with Gasteiger partial charge < -0.3 is 9.80 Å². The van der Waals surface area contributed by atoms with Crippen molar-refractivity contribution in [2.45, 2.75) is 13.3 Å². The van der Waals surface area contributed by atoms with Crippen LogP contribution in [0.15, 0.2) is 6.07 Å². The van der Waals surface area contributed by atoms with E-state index in [1.807, 2.05) is 4.90 Å². The Balaban J connectivity index is 2.30. The summed E-state index contributed by atoms with van der Waals surface area (Å²) in [4.78, 5) is 19.8. The number of rotatable bonds is 1. The monoisotopic (exact) mass is 278 g/mol. The minimum Gasteiger partial charge on any atom is -0.353 e. The molecule has 0 radical (unpaired) electrons. The lowest BCUT2D eigenvalue weighted by atomic mass is 10.2. The van der Waals surface area contributed by atoms with Crippen LogP contribution in [0.2, 0.25) is 5.02 Å². The Bertz CT molecular complexity index is 552. The number of aromatic nitrogens is 1. The van der Waals surface area contributed by atoms with Gasteiger partial charge in [0.15, 0.2) is 0 Å². The summed E-state index contributed by atoms with van der Waals surface area (Å²) >= 11 is 6.19. The van der Waals surface area contributed by atoms with E-state index in [0.29, 0.717) is 48.2 Å². The van der Waals surface area contributed by atoms with Gasteiger partial charge in [0.2, 0.25) is 5.91 Å². The lowest BCUT2D eigenvalue weighted by Gasteiger charge is -2.23. The highest BCUT2D eigenvalue weighted by molar-refractivity contribution is 6.33. The van der Waals surface area contributed by atoms with Gasteiger partial charge in [-0.2, -0.15) is 5.26 Å². The summed E-state index contributed by atoms with van der Waals surface area (Å²) < 4.78 is 0. The second kappa shape index (κ2) is 5.45. The predicted molar refractivity (Wildman–Crippen MR) is 73.2 cm³/mol. The first kappa shape index (κ1) is 13.6. The number of nitrogens with zero attached hydrogens (tertiary/aromatic N) is 4. The molecule has 0 aromatic carbocycles. The maximum Gasteiger partial charge on any atom is 0.224 e. The van der Waals surface area contributed by atoms with E-state index >= 15 is 0 Å². The fourth-order valence-electron chi connectivity index (χ4n) is 2.04. The molecule has 19 heavy (non-hydrogen) atoms. The van der Waals surface area contributed by atoms with Crippen molar-refractivity contribution in [2.24, 2.45) is 0 Å². The fourth-order valence-corrected chi connectivity index (χ4v) is 2.31. The molecule has 0 saturated carbocycles. The summed E-state index contributed by atoms with van der Waals surface area (Å²) in [5.74, 6) is 0.783. The van der Waals surface area contributed by atoms with E-state index in [-0.39, 0.29) is 5.91 Å². The van der Waals surface area contributed by atoms with Crippen LogP contribution in [0.25, 0.3) is 0 Å². The second-order valence-electron chi connectivity index (χ2n) is 4.59. The van der Waals surface area contributed by atoms with E-state index in [4.69, 9.17) is 16.9 Å². The predicted octanol–water partition coefficient (Wildman–Crippen LogP) is 1.58. The summed E-state index contributed by atoms with van der Waals surface area (Å²) in [7, 11) is 1.80. The van der Waals surface area contributed by atoms with Crippen LogP contribution in [-0.2, 0) is 4.79 Å². The van der Waals surface area contributed by atoms with Gasteiger partial charge in [-0.1, -0.05) is 11.6 Å². The standard InChI is InChI=1S/C13H15ClN4O/c1-9-10(8-15)7-11(14)13(16-9)18-4-3-12(19)17(2)5-6-18/h7H,3-6H2,1-2H3. The molecule has 0 spiro atoms. The average molecular weight is 279 g/mol. The van der Waals surface area contributed by atoms with Crippen molar-refractivity contribution in [3.63, 3.8) is 0 Å². The van der Waals surface area contributed by atoms with Gasteiger partial charge in [0.05, 0.1) is 16.3 Å². The molecule has 1 aliphatic rings. The molecule has 0 unspecified atom stereocenters. The Morgan fingerprint density at radius 3 is 2.84 bits per heavy atom. The Hall–Kier alpha value is -1.80. The van der Waals surface area contributed by atoms with Crippen LogP contribution >= 0.6 is 11.6 Å². The van der Waals surface area contributed by atoms with E-state index in [9.17, 15) is 4.79 Å². The lowest BCUT2D eigenvalue weighted by molar-refractivity contribution is -0.129. The molecule has 2 rings (SSSR count). The fraction of sp³-hybridized carbons (Fsp3) is 0.462. The minimum absolute atomic E-state index is 0.129. The number of anilines is 1. The van der Waals surface area contributed by atoms with Crippen molar-refractivity contribution in [3.8, 4) is 6.07 Å². The highest BCUT2D eigenvalue weighted by atomic mass is 35.5. The zero-order valence-electron chi connectivity index (χ0n) is 11.0. The Morgan fingerprint density at radius 2 is 2.16 bits per heavy atom. The molecule has 100 valence electrons. The second-order valence-corrected chi connectivity index (χ2v) is 5.00. The number of amides is 1. The van der Waals surface area contributed by atoms with Crippen molar-refractivity contribution in [2.75, 3.05) is 31.6 Å². The van der Waals surface area contributed by atoms with Crippen molar-refractivity contribution >= 4 is 23.3 Å². The molecule has 6 heteroatoms. The third-order valence-corrected chi connectivity index (χ3v) is 3.57. The number of carbonyl (C=O) groups excluding carboxylic acids is 1. The smallest absolute Gasteiger partial charge is 0.224 e. The van der Waals surface area contributed by atoms with Gasteiger partial charge in [-0.3, -0.25) is 4.79 Å². The molecular formula is C13H15ClN4O. The summed E-state index contributed by atoms with van der Waals surface area (Å²) in [5, 5.41) is 9.40. The van der Waals surface area contributed by atoms with Gasteiger partial charge in [0, 0.05) is 33.1 Å². The third-order valence-electron chi connectivity index (χ3n) is 3.29. The summed E-state index contributed by atoms with van der Waals surface area (Å²) in [5.41, 5.74) is 1.14. The van der Waals surface area contributed by atoms with Crippen molar-refractivity contribution in [1.82, 2.24) is 9.88 Å². The molecular weight excluding hydrogens is 264 g/mol. The van der Waals surface area contributed by atoms with Gasteiger partial charge in [0.1, 0.15) is 11.9 Å². The van der Waals surface area contributed by atoms with Gasteiger partial charge >= 0.3 is 0 Å². The zero-order chi connectivity index (χ0) is 14.0. The van der Waals surface area contributed by atoms with Crippen molar-refractivity contribution < 1.29 is 4.79 Å². The first-order chi connectivity index (χ1) is 9.02. The number of likely N-dealkylation sites (N-methyl/N-ethyl adjacent to an activating group) is 1. The van der Waals surface area contributed by atoms with E-state index in [0.717, 1.165) is 0 Å². The number of hydrogen-bond donors (Lipinski definition) is 0. The maximum absolute atomic E-state index is 11.6. The number of nitriles is 1. The van der Waals surface area contributed by atoms with Crippen LogP contribution in [-0.4, -0.2) is 42.5 Å². The zero-order valence-corrected chi connectivity index (χ0v) is 11.7. The van der Waals surface area contributed by atoms with E-state index < -0.39 is 0 Å². The highest BCUT2D eigenvalue weighted by Gasteiger charge is 2.21. The van der Waals surface area contributed by atoms with Crippen LogP contribution < -0.4 is 4.90 Å². The number of pyridine rings is 1. The molecule has 0 bridgehead atoms. The molecule has 1 saturated heterocycles. The van der Waals surface area contributed by atoms with Crippen molar-refractivity contribution in [1.29, 1.82) is 5.26 Å². The average Bonchev–Trinajstić information content (AvgIpc) is 2.55. The molecule has 1 aliphatic heterocycles. The summed E-state index contributed by atoms with van der Waals surface area (Å²) in [6.07, 6.45) is 0.452. The van der Waals surface area contributed by atoms with Crippen molar-refractivity contribution in [3.05, 3.63) is 22.3 Å². The molecule has 5 nitrogen and oxygen atoms in total. The van der Waals surface area contributed by atoms with Gasteiger partial charge in [-0.05, 0) is 13.0 Å². The minimum atomic E-state index is 0.129. The number of aryl methyl sites for hydroxylation is 1. The normalized spacial score (nSPS) is 16.2. The third kappa shape index (κ3) is 2.79. The van der Waals surface area contributed by atoms with Crippen LogP contribution in [0, 0.1) is 18.3 Å². The molecule has 1 fully saturated rings. The van der Waals surface area contributed by atoms with E-state index in [1.54, 1.807) is 24.9 Å². The number of hydrogen-bond acceptors (Lipinski definition) is 4. The molecule has 1 aromatic rings. The topological polar surface area (TPSA) is 60.2 Å². The first-order valence-corrected chi connectivity index (χ1v) is 6.47. The Labute approximate surface area is 117 Å². The molecule has 1 aromatic heterocycles. The van der Waals surface area contributed by atoms with E-state index in [1.165, 1.54) is 0 Å². The highest BCUT2D eigenvalue weighted by Crippen LogP contribution is 2.26. The van der Waals surface area contributed by atoms with Crippen LogP contribution in [0.5, 0.6) is 0 Å². The Morgan fingerprint density at radius 1 is 1.42 bits per heavy atom. The van der Waals surface area contributed by atoms with Crippen LogP contribution in [0.1, 0.15) is 17.7 Å². The number of halogens is 1. The Kier molecular flexibility index (Phi) is 3.91. The SMILES string of the molecule is Cc1nc(N2CCC(=O)N(C)CC2)c(Cl)cc1C#N. The number of carbonyl (C=O) groups is 1. The van der Waals surface area contributed by atoms with Crippen LogP contribution in [0.3, 0.4) is 0 Å². The van der Waals surface area contributed by atoms with Gasteiger partial charge in [-0.25, -0.2) is 4.98 Å². The van der Waals surface area contributed by atoms with Crippen LogP contribution in [0.4, 0.5) is 5.82 Å².